The largest absolute Gasteiger partial charge is 0.477 e. The molecule has 1 aromatic heterocycles. The number of nitro groups is 1. The van der Waals surface area contributed by atoms with Gasteiger partial charge in [-0.2, -0.15) is 0 Å². The number of hydrogen-bond acceptors (Lipinski definition) is 6. The Morgan fingerprint density at radius 3 is 2.52 bits per heavy atom. The molecule has 0 atom stereocenters. The predicted molar refractivity (Wildman–Crippen MR) is 95.5 cm³/mol. The van der Waals surface area contributed by atoms with Crippen LogP contribution in [0.25, 0.3) is 11.3 Å². The molecule has 0 saturated carbocycles. The normalized spacial score (nSPS) is 10.4. The third-order valence-corrected chi connectivity index (χ3v) is 4.32. The summed E-state index contributed by atoms with van der Waals surface area (Å²) in [5.41, 5.74) is -0.602. The Bertz CT molecular complexity index is 1050. The molecule has 0 saturated heterocycles. The van der Waals surface area contributed by atoms with E-state index in [0.717, 1.165) is 17.4 Å². The van der Waals surface area contributed by atoms with Gasteiger partial charge in [0.2, 0.25) is 0 Å². The lowest BCUT2D eigenvalue weighted by atomic mass is 10.0. The minimum Gasteiger partial charge on any atom is -0.477 e. The average Bonchev–Trinajstić information content (AvgIpc) is 3.09. The van der Waals surface area contributed by atoms with Crippen molar-refractivity contribution in [3.05, 3.63) is 74.9 Å². The van der Waals surface area contributed by atoms with E-state index in [2.05, 4.69) is 10.3 Å². The average molecular weight is 387 g/mol. The molecule has 1 heterocycles. The van der Waals surface area contributed by atoms with Crippen LogP contribution in [-0.2, 0) is 0 Å². The van der Waals surface area contributed by atoms with Gasteiger partial charge in [0, 0.05) is 17.0 Å². The molecule has 136 valence electrons. The van der Waals surface area contributed by atoms with Crippen LogP contribution in [-0.4, -0.2) is 26.9 Å². The molecule has 8 nitrogen and oxygen atoms in total. The smallest absolute Gasteiger partial charge is 0.343 e. The molecule has 0 bridgehead atoms. The predicted octanol–water partition coefficient (Wildman–Crippen LogP) is 3.81. The van der Waals surface area contributed by atoms with E-state index in [9.17, 15) is 29.2 Å². The molecular weight excluding hydrogens is 377 g/mol. The quantitative estimate of drug-likeness (QED) is 0.507. The van der Waals surface area contributed by atoms with Crippen LogP contribution in [0, 0.1) is 15.9 Å². The van der Waals surface area contributed by atoms with Crippen molar-refractivity contribution in [2.75, 3.05) is 5.32 Å². The van der Waals surface area contributed by atoms with Crippen molar-refractivity contribution in [3.8, 4) is 11.3 Å². The first-order valence-electron chi connectivity index (χ1n) is 7.40. The summed E-state index contributed by atoms with van der Waals surface area (Å²) in [6.45, 7) is 0. The van der Waals surface area contributed by atoms with E-state index in [1.54, 1.807) is 5.38 Å². The number of aromatic carboxylic acids is 1. The summed E-state index contributed by atoms with van der Waals surface area (Å²) < 4.78 is 13.0. The Morgan fingerprint density at radius 2 is 1.89 bits per heavy atom. The summed E-state index contributed by atoms with van der Waals surface area (Å²) in [6, 6.07) is 9.02. The Labute approximate surface area is 155 Å². The highest BCUT2D eigenvalue weighted by Gasteiger charge is 2.27. The number of carbonyl (C=O) groups excluding carboxylic acids is 1. The molecule has 2 N–H and O–H groups in total. The number of carboxylic acids is 1. The van der Waals surface area contributed by atoms with E-state index in [1.165, 1.54) is 36.4 Å². The fraction of sp³-hybridized carbons (Fsp3) is 0. The summed E-state index contributed by atoms with van der Waals surface area (Å²) in [5, 5.41) is 24.5. The van der Waals surface area contributed by atoms with Gasteiger partial charge < -0.3 is 5.11 Å². The Hall–Kier alpha value is -3.66. The molecule has 1 amide bonds. The van der Waals surface area contributed by atoms with Gasteiger partial charge in [0.25, 0.3) is 11.6 Å². The number of anilines is 1. The summed E-state index contributed by atoms with van der Waals surface area (Å²) >= 11 is 1.08. The van der Waals surface area contributed by atoms with Gasteiger partial charge in [0.05, 0.1) is 16.2 Å². The number of rotatable bonds is 5. The number of nitrogens with one attached hydrogen (secondary N) is 1. The Balaban J connectivity index is 1.88. The van der Waals surface area contributed by atoms with E-state index in [-0.39, 0.29) is 10.7 Å². The van der Waals surface area contributed by atoms with Crippen molar-refractivity contribution in [1.82, 2.24) is 4.98 Å². The van der Waals surface area contributed by atoms with Crippen molar-refractivity contribution >= 4 is 34.0 Å². The molecule has 0 aliphatic heterocycles. The molecule has 3 rings (SSSR count). The molecule has 10 heteroatoms. The third kappa shape index (κ3) is 3.80. The summed E-state index contributed by atoms with van der Waals surface area (Å²) in [7, 11) is 0. The highest BCUT2D eigenvalue weighted by molar-refractivity contribution is 7.14. The van der Waals surface area contributed by atoms with Crippen molar-refractivity contribution in [1.29, 1.82) is 0 Å². The first-order valence-corrected chi connectivity index (χ1v) is 8.28. The summed E-state index contributed by atoms with van der Waals surface area (Å²) in [6.07, 6.45) is 0. The lowest BCUT2D eigenvalue weighted by molar-refractivity contribution is -0.385. The molecule has 27 heavy (non-hydrogen) atoms. The fourth-order valence-corrected chi connectivity index (χ4v) is 3.07. The standard InChI is InChI=1S/C17H10FN3O5S/c18-10-6-4-9(5-7-10)12-8-27-17(19-12)20-15(22)11-2-1-3-13(21(25)26)14(11)16(23)24/h1-8H,(H,23,24)(H,19,20,22). The van der Waals surface area contributed by atoms with Gasteiger partial charge in [0.15, 0.2) is 5.13 Å². The molecule has 0 aliphatic rings. The van der Waals surface area contributed by atoms with Crippen LogP contribution >= 0.6 is 11.3 Å². The Kier molecular flexibility index (Phi) is 4.90. The van der Waals surface area contributed by atoms with E-state index in [1.807, 2.05) is 0 Å². The number of carbonyl (C=O) groups is 2. The number of halogens is 1. The number of thiazole rings is 1. The zero-order chi connectivity index (χ0) is 19.6. The van der Waals surface area contributed by atoms with Crippen LogP contribution in [0.15, 0.2) is 47.8 Å². The molecule has 0 spiro atoms. The van der Waals surface area contributed by atoms with Crippen LogP contribution in [0.2, 0.25) is 0 Å². The minimum atomic E-state index is -1.58. The lowest BCUT2D eigenvalue weighted by Crippen LogP contribution is -2.17. The van der Waals surface area contributed by atoms with E-state index in [0.29, 0.717) is 11.3 Å². The van der Waals surface area contributed by atoms with Crippen molar-refractivity contribution < 1.29 is 24.0 Å². The molecule has 0 radical (unpaired) electrons. The minimum absolute atomic E-state index is 0.169. The van der Waals surface area contributed by atoms with Gasteiger partial charge >= 0.3 is 5.97 Å². The molecule has 0 unspecified atom stereocenters. The zero-order valence-corrected chi connectivity index (χ0v) is 14.2. The molecule has 0 fully saturated rings. The van der Waals surface area contributed by atoms with Gasteiger partial charge in [-0.05, 0) is 30.3 Å². The number of nitro benzene ring substituents is 1. The van der Waals surface area contributed by atoms with Crippen molar-refractivity contribution in [2.24, 2.45) is 0 Å². The summed E-state index contributed by atoms with van der Waals surface area (Å²) in [4.78, 5) is 38.2. The second kappa shape index (κ2) is 7.30. The SMILES string of the molecule is O=C(Nc1nc(-c2ccc(F)cc2)cs1)c1cccc([N+](=O)[O-])c1C(=O)O. The Morgan fingerprint density at radius 1 is 1.19 bits per heavy atom. The fourth-order valence-electron chi connectivity index (χ4n) is 2.36. The number of benzene rings is 2. The first-order chi connectivity index (χ1) is 12.9. The third-order valence-electron chi connectivity index (χ3n) is 3.56. The van der Waals surface area contributed by atoms with Crippen molar-refractivity contribution in [3.63, 3.8) is 0 Å². The number of amides is 1. The first kappa shape index (κ1) is 18.1. The second-order valence-corrected chi connectivity index (χ2v) is 6.12. The number of carboxylic acid groups (broad SMARTS) is 1. The topological polar surface area (TPSA) is 122 Å². The van der Waals surface area contributed by atoms with E-state index >= 15 is 0 Å². The van der Waals surface area contributed by atoms with Gasteiger partial charge in [0.1, 0.15) is 11.4 Å². The number of aromatic nitrogens is 1. The lowest BCUT2D eigenvalue weighted by Gasteiger charge is -2.06. The maximum absolute atomic E-state index is 13.0. The molecule has 2 aromatic carbocycles. The van der Waals surface area contributed by atoms with Crippen molar-refractivity contribution in [2.45, 2.75) is 0 Å². The number of hydrogen-bond donors (Lipinski definition) is 2. The molecule has 0 aliphatic carbocycles. The molecule has 3 aromatic rings. The zero-order valence-electron chi connectivity index (χ0n) is 13.4. The maximum Gasteiger partial charge on any atom is 0.343 e. The second-order valence-electron chi connectivity index (χ2n) is 5.26. The van der Waals surface area contributed by atoms with Gasteiger partial charge in [-0.15, -0.1) is 11.3 Å². The van der Waals surface area contributed by atoms with Crippen LogP contribution in [0.1, 0.15) is 20.7 Å². The maximum atomic E-state index is 13.0. The van der Waals surface area contributed by atoms with E-state index in [4.69, 9.17) is 0 Å². The highest BCUT2D eigenvalue weighted by Crippen LogP contribution is 2.27. The van der Waals surface area contributed by atoms with Crippen LogP contribution in [0.5, 0.6) is 0 Å². The van der Waals surface area contributed by atoms with Gasteiger partial charge in [-0.3, -0.25) is 20.2 Å². The van der Waals surface area contributed by atoms with Crippen LogP contribution in [0.3, 0.4) is 0 Å². The monoisotopic (exact) mass is 387 g/mol. The van der Waals surface area contributed by atoms with Gasteiger partial charge in [-0.1, -0.05) is 6.07 Å². The van der Waals surface area contributed by atoms with E-state index < -0.39 is 33.9 Å². The van der Waals surface area contributed by atoms with Crippen LogP contribution < -0.4 is 5.32 Å². The summed E-state index contributed by atoms with van der Waals surface area (Å²) in [5.74, 6) is -2.82. The highest BCUT2D eigenvalue weighted by atomic mass is 32.1. The number of nitrogens with zero attached hydrogens (tertiary/aromatic N) is 2. The van der Waals surface area contributed by atoms with Gasteiger partial charge in [-0.25, -0.2) is 14.2 Å². The molecular formula is C17H10FN3O5S. The van der Waals surface area contributed by atoms with Crippen LogP contribution in [0.4, 0.5) is 15.2 Å².